The molecule has 1 N–H and O–H groups in total. The first-order chi connectivity index (χ1) is 10.9. The monoisotopic (exact) mass is 347 g/mol. The molecule has 7 heteroatoms. The summed E-state index contributed by atoms with van der Waals surface area (Å²) in [5, 5.41) is 3.89. The summed E-state index contributed by atoms with van der Waals surface area (Å²) in [6, 6.07) is 8.97. The average molecular weight is 347 g/mol. The zero-order valence-electron chi connectivity index (χ0n) is 12.4. The lowest BCUT2D eigenvalue weighted by atomic mass is 10.0. The number of carbonyl (C=O) groups is 3. The van der Waals surface area contributed by atoms with Crippen molar-refractivity contribution < 1.29 is 19.1 Å². The van der Waals surface area contributed by atoms with Crippen molar-refractivity contribution in [1.82, 2.24) is 5.32 Å². The number of esters is 1. The second kappa shape index (κ2) is 5.82. The predicted molar refractivity (Wildman–Crippen MR) is 89.6 cm³/mol. The molecule has 5 nitrogen and oxygen atoms in total. The van der Waals surface area contributed by atoms with Crippen molar-refractivity contribution in [2.75, 3.05) is 7.11 Å². The van der Waals surface area contributed by atoms with Crippen molar-refractivity contribution in [3.8, 4) is 11.1 Å². The molecule has 1 atom stereocenters. The number of hydrogen-bond acceptors (Lipinski definition) is 6. The molecule has 1 aliphatic heterocycles. The summed E-state index contributed by atoms with van der Waals surface area (Å²) in [6.45, 7) is 1.73. The molecule has 0 aliphatic carbocycles. The standard InChI is InChI=1S/C16H13NO4S2/c1-16(14(19)17-15(20)23-16)12-7-11(8-22-12)9-4-3-5-10(6-9)13(18)21-2/h3-8H,1-2H3,(H,17,19,20). The highest BCUT2D eigenvalue weighted by atomic mass is 32.2. The maximum absolute atomic E-state index is 12.0. The molecule has 23 heavy (non-hydrogen) atoms. The summed E-state index contributed by atoms with van der Waals surface area (Å²) in [7, 11) is 1.34. The summed E-state index contributed by atoms with van der Waals surface area (Å²) in [5.41, 5.74) is 2.21. The topological polar surface area (TPSA) is 72.5 Å². The predicted octanol–water partition coefficient (Wildman–Crippen LogP) is 3.40. The average Bonchev–Trinajstić information content (AvgIpc) is 3.13. The van der Waals surface area contributed by atoms with Crippen molar-refractivity contribution in [1.29, 1.82) is 0 Å². The third-order valence-electron chi connectivity index (χ3n) is 3.63. The number of thiophene rings is 1. The van der Waals surface area contributed by atoms with Crippen LogP contribution in [0.25, 0.3) is 11.1 Å². The van der Waals surface area contributed by atoms with Gasteiger partial charge in [-0.3, -0.25) is 14.9 Å². The number of imide groups is 1. The van der Waals surface area contributed by atoms with E-state index >= 15 is 0 Å². The Labute approximate surface area is 141 Å². The van der Waals surface area contributed by atoms with Crippen LogP contribution in [0.5, 0.6) is 0 Å². The van der Waals surface area contributed by atoms with Gasteiger partial charge in [-0.2, -0.15) is 0 Å². The molecule has 3 rings (SSSR count). The number of hydrogen-bond donors (Lipinski definition) is 1. The van der Waals surface area contributed by atoms with Gasteiger partial charge >= 0.3 is 5.97 Å². The number of methoxy groups -OCH3 is 1. The molecular formula is C16H13NO4S2. The zero-order chi connectivity index (χ0) is 16.6. The molecule has 1 aromatic carbocycles. The van der Waals surface area contributed by atoms with Crippen molar-refractivity contribution in [3.05, 3.63) is 46.2 Å². The van der Waals surface area contributed by atoms with E-state index in [-0.39, 0.29) is 11.1 Å². The Morgan fingerprint density at radius 3 is 2.65 bits per heavy atom. The van der Waals surface area contributed by atoms with E-state index in [4.69, 9.17) is 4.74 Å². The molecule has 0 bridgehead atoms. The first-order valence-corrected chi connectivity index (χ1v) is 8.46. The van der Waals surface area contributed by atoms with E-state index in [0.29, 0.717) is 5.56 Å². The van der Waals surface area contributed by atoms with E-state index in [1.165, 1.54) is 18.4 Å². The Hall–Kier alpha value is -2.12. The molecule has 1 aromatic heterocycles. The van der Waals surface area contributed by atoms with Crippen LogP contribution >= 0.6 is 23.1 Å². The highest BCUT2D eigenvalue weighted by molar-refractivity contribution is 8.15. The number of thioether (sulfide) groups is 1. The Morgan fingerprint density at radius 1 is 1.22 bits per heavy atom. The van der Waals surface area contributed by atoms with Crippen LogP contribution < -0.4 is 5.32 Å². The smallest absolute Gasteiger partial charge is 0.337 e. The van der Waals surface area contributed by atoms with Crippen LogP contribution in [0.1, 0.15) is 22.2 Å². The number of carbonyl (C=O) groups excluding carboxylic acids is 3. The second-order valence-corrected chi connectivity index (χ2v) is 7.45. The summed E-state index contributed by atoms with van der Waals surface area (Å²) < 4.78 is 3.82. The van der Waals surface area contributed by atoms with Crippen molar-refractivity contribution in [2.45, 2.75) is 11.7 Å². The van der Waals surface area contributed by atoms with Crippen molar-refractivity contribution >= 4 is 40.2 Å². The Bertz CT molecular complexity index is 814. The molecule has 0 spiro atoms. The Morgan fingerprint density at radius 2 is 2.00 bits per heavy atom. The van der Waals surface area contributed by atoms with Gasteiger partial charge in [0.15, 0.2) is 0 Å². The van der Waals surface area contributed by atoms with E-state index in [1.807, 2.05) is 17.5 Å². The number of nitrogens with one attached hydrogen (secondary N) is 1. The van der Waals surface area contributed by atoms with Gasteiger partial charge in [0.05, 0.1) is 12.7 Å². The number of ether oxygens (including phenoxy) is 1. The van der Waals surface area contributed by atoms with Gasteiger partial charge in [-0.1, -0.05) is 12.1 Å². The van der Waals surface area contributed by atoms with Crippen LogP contribution in [-0.2, 0) is 14.3 Å². The lowest BCUT2D eigenvalue weighted by Gasteiger charge is -2.15. The fourth-order valence-corrected chi connectivity index (χ4v) is 4.37. The van der Waals surface area contributed by atoms with E-state index in [2.05, 4.69) is 5.32 Å². The summed E-state index contributed by atoms with van der Waals surface area (Å²) in [5.74, 6) is -0.699. The van der Waals surface area contributed by atoms with E-state index in [9.17, 15) is 14.4 Å². The fraction of sp³-hybridized carbons (Fsp3) is 0.188. The Balaban J connectivity index is 1.95. The highest BCUT2D eigenvalue weighted by Crippen LogP contribution is 2.44. The first kappa shape index (κ1) is 15.8. The lowest BCUT2D eigenvalue weighted by molar-refractivity contribution is -0.121. The van der Waals surface area contributed by atoms with Gasteiger partial charge in [-0.25, -0.2) is 4.79 Å². The Kier molecular flexibility index (Phi) is 3.99. The van der Waals surface area contributed by atoms with Gasteiger partial charge in [0.1, 0.15) is 4.75 Å². The van der Waals surface area contributed by atoms with Crippen molar-refractivity contribution in [3.63, 3.8) is 0 Å². The van der Waals surface area contributed by atoms with Gasteiger partial charge in [-0.15, -0.1) is 11.3 Å². The van der Waals surface area contributed by atoms with E-state index in [1.54, 1.807) is 25.1 Å². The molecule has 1 aliphatic rings. The van der Waals surface area contributed by atoms with Crippen LogP contribution in [0.4, 0.5) is 4.79 Å². The van der Waals surface area contributed by atoms with Crippen LogP contribution in [0.2, 0.25) is 0 Å². The fourth-order valence-electron chi connectivity index (χ4n) is 2.31. The maximum atomic E-state index is 12.0. The van der Waals surface area contributed by atoms with Gasteiger partial charge in [0.2, 0.25) is 5.91 Å². The summed E-state index contributed by atoms with van der Waals surface area (Å²) >= 11 is 2.40. The van der Waals surface area contributed by atoms with Crippen molar-refractivity contribution in [2.24, 2.45) is 0 Å². The first-order valence-electron chi connectivity index (χ1n) is 6.76. The van der Waals surface area contributed by atoms with E-state index < -0.39 is 10.7 Å². The highest BCUT2D eigenvalue weighted by Gasteiger charge is 2.46. The molecule has 1 saturated heterocycles. The molecule has 1 fully saturated rings. The van der Waals surface area contributed by atoms with E-state index in [0.717, 1.165) is 27.8 Å². The van der Waals surface area contributed by atoms with Crippen LogP contribution in [-0.4, -0.2) is 24.2 Å². The third kappa shape index (κ3) is 2.77. The number of benzene rings is 1. The largest absolute Gasteiger partial charge is 0.465 e. The van der Waals surface area contributed by atoms with Gasteiger partial charge in [0, 0.05) is 4.88 Å². The normalized spacial score (nSPS) is 20.4. The molecule has 1 unspecified atom stereocenters. The van der Waals surface area contributed by atoms with Gasteiger partial charge < -0.3 is 4.74 Å². The van der Waals surface area contributed by atoms with Gasteiger partial charge in [0.25, 0.3) is 5.24 Å². The molecule has 2 aromatic rings. The van der Waals surface area contributed by atoms with Crippen LogP contribution in [0.15, 0.2) is 35.7 Å². The SMILES string of the molecule is COC(=O)c1cccc(-c2csc(C3(C)SC(=O)NC3=O)c2)c1. The summed E-state index contributed by atoms with van der Waals surface area (Å²) in [6.07, 6.45) is 0. The minimum absolute atomic E-state index is 0.302. The maximum Gasteiger partial charge on any atom is 0.337 e. The molecule has 2 amide bonds. The molecule has 118 valence electrons. The minimum Gasteiger partial charge on any atom is -0.465 e. The minimum atomic E-state index is -0.903. The van der Waals surface area contributed by atoms with Gasteiger partial charge in [-0.05, 0) is 53.4 Å². The molecular weight excluding hydrogens is 334 g/mol. The molecule has 2 heterocycles. The number of amides is 2. The third-order valence-corrected chi connectivity index (χ3v) is 6.01. The second-order valence-electron chi connectivity index (χ2n) is 5.15. The van der Waals surface area contributed by atoms with Crippen LogP contribution in [0.3, 0.4) is 0 Å². The number of rotatable bonds is 3. The molecule has 0 radical (unpaired) electrons. The molecule has 0 saturated carbocycles. The zero-order valence-corrected chi connectivity index (χ0v) is 14.0. The van der Waals surface area contributed by atoms with Crippen LogP contribution in [0, 0.1) is 0 Å². The summed E-state index contributed by atoms with van der Waals surface area (Å²) in [4.78, 5) is 35.9. The lowest BCUT2D eigenvalue weighted by Crippen LogP contribution is -2.30. The quantitative estimate of drug-likeness (QED) is 0.862.